The van der Waals surface area contributed by atoms with Crippen molar-refractivity contribution < 1.29 is 4.79 Å². The van der Waals surface area contributed by atoms with Crippen molar-refractivity contribution in [2.24, 2.45) is 5.41 Å². The second-order valence-electron chi connectivity index (χ2n) is 6.48. The number of aryl methyl sites for hydroxylation is 1. The second kappa shape index (κ2) is 5.46. The van der Waals surface area contributed by atoms with Crippen LogP contribution < -0.4 is 10.6 Å². The van der Waals surface area contributed by atoms with Crippen molar-refractivity contribution in [1.82, 2.24) is 14.9 Å². The normalized spacial score (nSPS) is 20.9. The number of nitrogens with zero attached hydrogens (tertiary/aromatic N) is 2. The molecule has 5 heteroatoms. The Morgan fingerprint density at radius 1 is 1.40 bits per heavy atom. The minimum Gasteiger partial charge on any atom is -0.356 e. The van der Waals surface area contributed by atoms with Crippen LogP contribution in [-0.4, -0.2) is 28.5 Å². The van der Waals surface area contributed by atoms with Crippen molar-refractivity contribution in [2.45, 2.75) is 52.0 Å². The van der Waals surface area contributed by atoms with Crippen LogP contribution in [0.5, 0.6) is 0 Å². The summed E-state index contributed by atoms with van der Waals surface area (Å²) < 4.78 is 2.03. The first-order valence-corrected chi connectivity index (χ1v) is 7.76. The molecule has 1 saturated carbocycles. The number of hydrogen-bond donors (Lipinski definition) is 2. The molecule has 1 aromatic heterocycles. The molecule has 0 aromatic carbocycles. The summed E-state index contributed by atoms with van der Waals surface area (Å²) in [7, 11) is 0. The predicted octanol–water partition coefficient (Wildman–Crippen LogP) is 2.40. The van der Waals surface area contributed by atoms with Gasteiger partial charge in [0.15, 0.2) is 0 Å². The summed E-state index contributed by atoms with van der Waals surface area (Å²) in [5.41, 5.74) is 0.805. The molecule has 0 unspecified atom stereocenters. The lowest BCUT2D eigenvalue weighted by Crippen LogP contribution is -2.37. The lowest BCUT2D eigenvalue weighted by atomic mass is 9.76. The molecule has 0 saturated heterocycles. The number of hydrogen-bond acceptors (Lipinski definition) is 3. The highest BCUT2D eigenvalue weighted by molar-refractivity contribution is 5.92. The van der Waals surface area contributed by atoms with Gasteiger partial charge in [0.2, 0.25) is 5.95 Å². The first-order valence-electron chi connectivity index (χ1n) is 7.76. The Bertz CT molecular complexity index is 465. The van der Waals surface area contributed by atoms with E-state index in [0.717, 1.165) is 32.0 Å². The van der Waals surface area contributed by atoms with Crippen LogP contribution in [0.25, 0.3) is 0 Å². The lowest BCUT2D eigenvalue weighted by molar-refractivity contribution is 0.0914. The zero-order valence-corrected chi connectivity index (χ0v) is 12.2. The van der Waals surface area contributed by atoms with Crippen LogP contribution in [0, 0.1) is 5.41 Å². The number of carbonyl (C=O) groups excluding carboxylic acids is 1. The molecule has 5 nitrogen and oxygen atoms in total. The molecular weight excluding hydrogens is 252 g/mol. The highest BCUT2D eigenvalue weighted by Crippen LogP contribution is 2.34. The molecule has 20 heavy (non-hydrogen) atoms. The van der Waals surface area contributed by atoms with Crippen molar-refractivity contribution in [1.29, 1.82) is 0 Å². The van der Waals surface area contributed by atoms with E-state index in [-0.39, 0.29) is 11.3 Å². The fourth-order valence-electron chi connectivity index (χ4n) is 3.25. The Balaban J connectivity index is 1.60. The van der Waals surface area contributed by atoms with Crippen LogP contribution in [0.1, 0.15) is 55.9 Å². The minimum absolute atomic E-state index is 0.0412. The van der Waals surface area contributed by atoms with Crippen molar-refractivity contribution in [3.05, 3.63) is 11.9 Å². The summed E-state index contributed by atoms with van der Waals surface area (Å²) in [5.74, 6) is 0.783. The van der Waals surface area contributed by atoms with Gasteiger partial charge in [0.1, 0.15) is 5.69 Å². The SMILES string of the molecule is CC1(CNC(=O)c2cn3c(n2)NCCC3)CCCCC1. The van der Waals surface area contributed by atoms with Crippen molar-refractivity contribution in [3.63, 3.8) is 0 Å². The van der Waals surface area contributed by atoms with E-state index >= 15 is 0 Å². The molecule has 0 atom stereocenters. The molecule has 3 rings (SSSR count). The maximum atomic E-state index is 12.2. The standard InChI is InChI=1S/C15H24N4O/c1-15(6-3-2-4-7-15)11-17-13(20)12-10-19-9-5-8-16-14(19)18-12/h10H,2-9,11H2,1H3,(H,16,18)(H,17,20). The Kier molecular flexibility index (Phi) is 3.68. The zero-order chi connectivity index (χ0) is 14.0. The fourth-order valence-corrected chi connectivity index (χ4v) is 3.25. The van der Waals surface area contributed by atoms with Gasteiger partial charge in [-0.15, -0.1) is 0 Å². The summed E-state index contributed by atoms with van der Waals surface area (Å²) >= 11 is 0. The third kappa shape index (κ3) is 2.81. The summed E-state index contributed by atoms with van der Waals surface area (Å²) in [4.78, 5) is 16.6. The van der Waals surface area contributed by atoms with E-state index in [1.807, 2.05) is 10.8 Å². The van der Waals surface area contributed by atoms with Crippen LogP contribution in [0.4, 0.5) is 5.95 Å². The molecule has 1 fully saturated rings. The van der Waals surface area contributed by atoms with Gasteiger partial charge in [0.25, 0.3) is 5.91 Å². The van der Waals surface area contributed by atoms with E-state index in [9.17, 15) is 4.79 Å². The van der Waals surface area contributed by atoms with Crippen molar-refractivity contribution in [3.8, 4) is 0 Å². The molecule has 1 aromatic rings. The molecule has 1 aliphatic carbocycles. The van der Waals surface area contributed by atoms with Gasteiger partial charge in [0.05, 0.1) is 0 Å². The summed E-state index contributed by atoms with van der Waals surface area (Å²) in [6, 6.07) is 0. The highest BCUT2D eigenvalue weighted by atomic mass is 16.1. The van der Waals surface area contributed by atoms with E-state index in [2.05, 4.69) is 22.5 Å². The predicted molar refractivity (Wildman–Crippen MR) is 78.9 cm³/mol. The summed E-state index contributed by atoms with van der Waals surface area (Å²) in [5, 5.41) is 6.30. The fraction of sp³-hybridized carbons (Fsp3) is 0.733. The van der Waals surface area contributed by atoms with Gasteiger partial charge in [0, 0.05) is 25.8 Å². The van der Waals surface area contributed by atoms with Crippen LogP contribution in [0.15, 0.2) is 6.20 Å². The van der Waals surface area contributed by atoms with E-state index in [1.54, 1.807) is 0 Å². The number of fused-ring (bicyclic) bond motifs is 1. The molecule has 0 radical (unpaired) electrons. The number of rotatable bonds is 3. The summed E-state index contributed by atoms with van der Waals surface area (Å²) in [6.45, 7) is 4.93. The van der Waals surface area contributed by atoms with Gasteiger partial charge >= 0.3 is 0 Å². The topological polar surface area (TPSA) is 59.0 Å². The number of aromatic nitrogens is 2. The smallest absolute Gasteiger partial charge is 0.271 e. The lowest BCUT2D eigenvalue weighted by Gasteiger charge is -2.33. The molecule has 2 N–H and O–H groups in total. The van der Waals surface area contributed by atoms with E-state index in [0.29, 0.717) is 5.69 Å². The molecule has 2 aliphatic rings. The first kappa shape index (κ1) is 13.5. The third-order valence-electron chi connectivity index (χ3n) is 4.60. The van der Waals surface area contributed by atoms with Gasteiger partial charge in [-0.05, 0) is 24.7 Å². The number of nitrogens with one attached hydrogen (secondary N) is 2. The van der Waals surface area contributed by atoms with Gasteiger partial charge < -0.3 is 15.2 Å². The number of imidazole rings is 1. The molecule has 2 heterocycles. The van der Waals surface area contributed by atoms with Gasteiger partial charge in [-0.3, -0.25) is 4.79 Å². The molecule has 0 bridgehead atoms. The Morgan fingerprint density at radius 2 is 2.20 bits per heavy atom. The van der Waals surface area contributed by atoms with E-state index < -0.39 is 0 Å². The van der Waals surface area contributed by atoms with Crippen LogP contribution in [0.3, 0.4) is 0 Å². The first-order chi connectivity index (χ1) is 9.66. The maximum Gasteiger partial charge on any atom is 0.271 e. The molecule has 1 amide bonds. The second-order valence-corrected chi connectivity index (χ2v) is 6.48. The van der Waals surface area contributed by atoms with Gasteiger partial charge in [-0.1, -0.05) is 26.2 Å². The number of carbonyl (C=O) groups is 1. The van der Waals surface area contributed by atoms with Gasteiger partial charge in [-0.25, -0.2) is 4.98 Å². The van der Waals surface area contributed by atoms with Gasteiger partial charge in [-0.2, -0.15) is 0 Å². The quantitative estimate of drug-likeness (QED) is 0.891. The molecule has 1 aliphatic heterocycles. The number of amides is 1. The number of anilines is 1. The zero-order valence-electron chi connectivity index (χ0n) is 12.2. The van der Waals surface area contributed by atoms with Crippen molar-refractivity contribution >= 4 is 11.9 Å². The average molecular weight is 276 g/mol. The van der Waals surface area contributed by atoms with Crippen molar-refractivity contribution in [2.75, 3.05) is 18.4 Å². The minimum atomic E-state index is -0.0412. The van der Waals surface area contributed by atoms with Crippen LogP contribution >= 0.6 is 0 Å². The third-order valence-corrected chi connectivity index (χ3v) is 4.60. The monoisotopic (exact) mass is 276 g/mol. The Hall–Kier alpha value is -1.52. The maximum absolute atomic E-state index is 12.2. The Labute approximate surface area is 120 Å². The molecular formula is C15H24N4O. The summed E-state index contributed by atoms with van der Waals surface area (Å²) in [6.07, 6.45) is 9.29. The molecule has 110 valence electrons. The highest BCUT2D eigenvalue weighted by Gasteiger charge is 2.27. The van der Waals surface area contributed by atoms with E-state index in [1.165, 1.54) is 32.1 Å². The average Bonchev–Trinajstić information content (AvgIpc) is 2.89. The van der Waals surface area contributed by atoms with Crippen LogP contribution in [0.2, 0.25) is 0 Å². The molecule has 0 spiro atoms. The van der Waals surface area contributed by atoms with Crippen LogP contribution in [-0.2, 0) is 6.54 Å². The Morgan fingerprint density at radius 3 is 2.95 bits per heavy atom. The largest absolute Gasteiger partial charge is 0.356 e. The van der Waals surface area contributed by atoms with E-state index in [4.69, 9.17) is 0 Å².